The molecule has 0 amide bonds. The summed E-state index contributed by atoms with van der Waals surface area (Å²) in [7, 11) is 1.72. The number of ether oxygens (including phenoxy) is 1. The van der Waals surface area contributed by atoms with Crippen molar-refractivity contribution >= 4 is 11.6 Å². The molecule has 15 heavy (non-hydrogen) atoms. The second kappa shape index (κ2) is 6.83. The first kappa shape index (κ1) is 12.5. The van der Waals surface area contributed by atoms with Crippen molar-refractivity contribution < 1.29 is 4.74 Å². The Morgan fingerprint density at radius 1 is 1.47 bits per heavy atom. The van der Waals surface area contributed by atoms with Gasteiger partial charge in [-0.1, -0.05) is 30.7 Å². The van der Waals surface area contributed by atoms with Crippen LogP contribution in [0.15, 0.2) is 24.3 Å². The molecule has 0 aliphatic carbocycles. The van der Waals surface area contributed by atoms with Crippen LogP contribution in [0, 0.1) is 0 Å². The smallest absolute Gasteiger partial charge is 0.0945 e. The van der Waals surface area contributed by atoms with Crippen molar-refractivity contribution in [1.82, 2.24) is 5.32 Å². The molecule has 1 atom stereocenters. The molecule has 0 saturated heterocycles. The van der Waals surface area contributed by atoms with Crippen molar-refractivity contribution in [3.05, 3.63) is 34.9 Å². The van der Waals surface area contributed by atoms with E-state index in [0.717, 1.165) is 30.1 Å². The molecule has 1 aromatic rings. The van der Waals surface area contributed by atoms with E-state index in [4.69, 9.17) is 16.3 Å². The summed E-state index contributed by atoms with van der Waals surface area (Å²) in [6.45, 7) is 3.99. The SMILES string of the molecule is CCCNCC(OC)c1cccc(Cl)c1. The molecule has 84 valence electrons. The summed E-state index contributed by atoms with van der Waals surface area (Å²) in [5.41, 5.74) is 1.12. The van der Waals surface area contributed by atoms with Crippen LogP contribution in [0.25, 0.3) is 0 Å². The van der Waals surface area contributed by atoms with Crippen molar-refractivity contribution in [2.45, 2.75) is 19.4 Å². The maximum absolute atomic E-state index is 5.93. The molecular weight excluding hydrogens is 210 g/mol. The average Bonchev–Trinajstić information content (AvgIpc) is 2.24. The van der Waals surface area contributed by atoms with E-state index in [0.29, 0.717) is 0 Å². The highest BCUT2D eigenvalue weighted by Crippen LogP contribution is 2.19. The van der Waals surface area contributed by atoms with Crippen LogP contribution < -0.4 is 5.32 Å². The van der Waals surface area contributed by atoms with Gasteiger partial charge in [0.1, 0.15) is 0 Å². The molecule has 2 nitrogen and oxygen atoms in total. The molecule has 0 radical (unpaired) electrons. The Labute approximate surface area is 96.6 Å². The van der Waals surface area contributed by atoms with Crippen molar-refractivity contribution in [2.75, 3.05) is 20.2 Å². The van der Waals surface area contributed by atoms with Gasteiger partial charge in [-0.2, -0.15) is 0 Å². The molecule has 1 N–H and O–H groups in total. The Bertz CT molecular complexity index is 291. The Morgan fingerprint density at radius 2 is 2.27 bits per heavy atom. The maximum Gasteiger partial charge on any atom is 0.0945 e. The Morgan fingerprint density at radius 3 is 2.87 bits per heavy atom. The Balaban J connectivity index is 2.57. The lowest BCUT2D eigenvalue weighted by Gasteiger charge is -2.16. The number of nitrogens with one attached hydrogen (secondary N) is 1. The summed E-state index contributed by atoms with van der Waals surface area (Å²) in [4.78, 5) is 0. The first-order valence-corrected chi connectivity index (χ1v) is 5.64. The summed E-state index contributed by atoms with van der Waals surface area (Å²) < 4.78 is 5.42. The predicted molar refractivity (Wildman–Crippen MR) is 64.4 cm³/mol. The lowest BCUT2D eigenvalue weighted by molar-refractivity contribution is 0.102. The van der Waals surface area contributed by atoms with E-state index in [1.165, 1.54) is 0 Å². The number of halogens is 1. The average molecular weight is 228 g/mol. The van der Waals surface area contributed by atoms with Gasteiger partial charge in [-0.15, -0.1) is 0 Å². The minimum absolute atomic E-state index is 0.0789. The highest BCUT2D eigenvalue weighted by atomic mass is 35.5. The number of methoxy groups -OCH3 is 1. The van der Waals surface area contributed by atoms with Crippen LogP contribution in [0.5, 0.6) is 0 Å². The van der Waals surface area contributed by atoms with E-state index in [1.807, 2.05) is 24.3 Å². The van der Waals surface area contributed by atoms with Gasteiger partial charge >= 0.3 is 0 Å². The molecule has 0 spiro atoms. The zero-order chi connectivity index (χ0) is 11.1. The lowest BCUT2D eigenvalue weighted by Crippen LogP contribution is -2.23. The van der Waals surface area contributed by atoms with Gasteiger partial charge in [0, 0.05) is 18.7 Å². The molecule has 0 aromatic heterocycles. The number of hydrogen-bond donors (Lipinski definition) is 1. The van der Waals surface area contributed by atoms with Crippen LogP contribution in [0.1, 0.15) is 25.0 Å². The third-order valence-corrected chi connectivity index (χ3v) is 2.50. The minimum atomic E-state index is 0.0789. The van der Waals surface area contributed by atoms with Crippen LogP contribution in [0.3, 0.4) is 0 Å². The number of rotatable bonds is 6. The van der Waals surface area contributed by atoms with Crippen molar-refractivity contribution in [2.24, 2.45) is 0 Å². The van der Waals surface area contributed by atoms with Gasteiger partial charge < -0.3 is 10.1 Å². The van der Waals surface area contributed by atoms with Gasteiger partial charge in [0.25, 0.3) is 0 Å². The van der Waals surface area contributed by atoms with E-state index < -0.39 is 0 Å². The fourth-order valence-electron chi connectivity index (χ4n) is 1.45. The van der Waals surface area contributed by atoms with E-state index in [-0.39, 0.29) is 6.10 Å². The predicted octanol–water partition coefficient (Wildman–Crippen LogP) is 3.03. The molecule has 1 unspecified atom stereocenters. The molecule has 0 heterocycles. The van der Waals surface area contributed by atoms with E-state index in [9.17, 15) is 0 Å². The van der Waals surface area contributed by atoms with Crippen LogP contribution in [-0.4, -0.2) is 20.2 Å². The van der Waals surface area contributed by atoms with Gasteiger partial charge in [0.2, 0.25) is 0 Å². The third kappa shape index (κ3) is 4.20. The molecule has 0 fully saturated rings. The second-order valence-electron chi connectivity index (χ2n) is 3.48. The fourth-order valence-corrected chi connectivity index (χ4v) is 1.65. The highest BCUT2D eigenvalue weighted by molar-refractivity contribution is 6.30. The quantitative estimate of drug-likeness (QED) is 0.755. The molecule has 1 rings (SSSR count). The van der Waals surface area contributed by atoms with Crippen LogP contribution in [0.2, 0.25) is 5.02 Å². The standard InChI is InChI=1S/C12H18ClNO/c1-3-7-14-9-12(15-2)10-5-4-6-11(13)8-10/h4-6,8,12,14H,3,7,9H2,1-2H3. The second-order valence-corrected chi connectivity index (χ2v) is 3.92. The van der Waals surface area contributed by atoms with Crippen LogP contribution in [-0.2, 0) is 4.74 Å². The van der Waals surface area contributed by atoms with Crippen molar-refractivity contribution in [3.8, 4) is 0 Å². The zero-order valence-electron chi connectivity index (χ0n) is 9.29. The number of benzene rings is 1. The van der Waals surface area contributed by atoms with Gasteiger partial charge in [0.15, 0.2) is 0 Å². The largest absolute Gasteiger partial charge is 0.375 e. The third-order valence-electron chi connectivity index (χ3n) is 2.26. The Kier molecular flexibility index (Phi) is 5.69. The molecule has 1 aromatic carbocycles. The number of hydrogen-bond acceptors (Lipinski definition) is 2. The molecular formula is C12H18ClNO. The normalized spacial score (nSPS) is 12.7. The van der Waals surface area contributed by atoms with Gasteiger partial charge in [-0.25, -0.2) is 0 Å². The maximum atomic E-state index is 5.93. The summed E-state index contributed by atoms with van der Waals surface area (Å²) in [5.74, 6) is 0. The summed E-state index contributed by atoms with van der Waals surface area (Å²) >= 11 is 5.93. The summed E-state index contributed by atoms with van der Waals surface area (Å²) in [6, 6.07) is 7.80. The topological polar surface area (TPSA) is 21.3 Å². The van der Waals surface area contributed by atoms with E-state index >= 15 is 0 Å². The first-order chi connectivity index (χ1) is 7.27. The van der Waals surface area contributed by atoms with E-state index in [1.54, 1.807) is 7.11 Å². The summed E-state index contributed by atoms with van der Waals surface area (Å²) in [5, 5.41) is 4.09. The van der Waals surface area contributed by atoms with Gasteiger partial charge in [-0.05, 0) is 30.7 Å². The van der Waals surface area contributed by atoms with Crippen LogP contribution >= 0.6 is 11.6 Å². The van der Waals surface area contributed by atoms with E-state index in [2.05, 4.69) is 12.2 Å². The fraction of sp³-hybridized carbons (Fsp3) is 0.500. The molecule has 0 saturated carbocycles. The highest BCUT2D eigenvalue weighted by Gasteiger charge is 2.09. The van der Waals surface area contributed by atoms with Crippen molar-refractivity contribution in [3.63, 3.8) is 0 Å². The minimum Gasteiger partial charge on any atom is -0.375 e. The molecule has 0 aliphatic rings. The Hall–Kier alpha value is -0.570. The lowest BCUT2D eigenvalue weighted by atomic mass is 10.1. The molecule has 0 bridgehead atoms. The van der Waals surface area contributed by atoms with Gasteiger partial charge in [-0.3, -0.25) is 0 Å². The molecule has 3 heteroatoms. The van der Waals surface area contributed by atoms with Crippen LogP contribution in [0.4, 0.5) is 0 Å². The summed E-state index contributed by atoms with van der Waals surface area (Å²) in [6.07, 6.45) is 1.21. The monoisotopic (exact) mass is 227 g/mol. The zero-order valence-corrected chi connectivity index (χ0v) is 10.1. The van der Waals surface area contributed by atoms with Crippen molar-refractivity contribution in [1.29, 1.82) is 0 Å². The first-order valence-electron chi connectivity index (χ1n) is 5.27. The molecule has 0 aliphatic heterocycles. The van der Waals surface area contributed by atoms with Gasteiger partial charge in [0.05, 0.1) is 6.10 Å².